The van der Waals surface area contributed by atoms with E-state index in [-0.39, 0.29) is 0 Å². The maximum absolute atomic E-state index is 5.71. The molecule has 0 saturated carbocycles. The third-order valence-corrected chi connectivity index (χ3v) is 3.67. The van der Waals surface area contributed by atoms with Gasteiger partial charge in [0, 0.05) is 6.54 Å². The molecular weight excluding hydrogens is 274 g/mol. The Balaban J connectivity index is 2.61. The Labute approximate surface area is 131 Å². The summed E-state index contributed by atoms with van der Waals surface area (Å²) < 4.78 is 10.8. The van der Waals surface area contributed by atoms with Crippen LogP contribution in [0.4, 0.5) is 0 Å². The van der Waals surface area contributed by atoms with Gasteiger partial charge in [0.05, 0.1) is 14.2 Å². The van der Waals surface area contributed by atoms with Crippen LogP contribution in [0.15, 0.2) is 42.5 Å². The Kier molecular flexibility index (Phi) is 5.61. The summed E-state index contributed by atoms with van der Waals surface area (Å²) in [6.45, 7) is 2.63. The van der Waals surface area contributed by atoms with Crippen molar-refractivity contribution >= 4 is 11.6 Å². The van der Waals surface area contributed by atoms with Gasteiger partial charge in [-0.2, -0.15) is 0 Å². The summed E-state index contributed by atoms with van der Waals surface area (Å²) in [5, 5.41) is 2.22. The molecule has 0 unspecified atom stereocenters. The molecule has 2 N–H and O–H groups in total. The largest absolute Gasteiger partial charge is 0.493 e. The number of nitrogens with two attached hydrogens (primary N) is 1. The zero-order chi connectivity index (χ0) is 15.9. The summed E-state index contributed by atoms with van der Waals surface area (Å²) in [5.74, 6) is 1.46. The second kappa shape index (κ2) is 7.66. The second-order valence-corrected chi connectivity index (χ2v) is 5.18. The van der Waals surface area contributed by atoms with Gasteiger partial charge in [-0.05, 0) is 41.5 Å². The van der Waals surface area contributed by atoms with Gasteiger partial charge in [0.2, 0.25) is 0 Å². The summed E-state index contributed by atoms with van der Waals surface area (Å²) >= 11 is 0. The van der Waals surface area contributed by atoms with Gasteiger partial charge in [-0.1, -0.05) is 42.0 Å². The molecule has 0 fully saturated rings. The number of hydrogen-bond acceptors (Lipinski definition) is 3. The number of rotatable bonds is 5. The quantitative estimate of drug-likeness (QED) is 0.916. The number of benzene rings is 2. The van der Waals surface area contributed by atoms with E-state index < -0.39 is 0 Å². The third-order valence-electron chi connectivity index (χ3n) is 3.67. The van der Waals surface area contributed by atoms with Crippen LogP contribution in [0.3, 0.4) is 0 Å². The normalized spacial score (nSPS) is 13.0. The van der Waals surface area contributed by atoms with Crippen LogP contribution in [0.1, 0.15) is 12.5 Å². The van der Waals surface area contributed by atoms with Crippen molar-refractivity contribution in [3.05, 3.63) is 58.5 Å². The first-order valence-electron chi connectivity index (χ1n) is 7.35. The van der Waals surface area contributed by atoms with E-state index in [1.54, 1.807) is 14.2 Å². The minimum atomic E-state index is 0.487. The molecule has 22 heavy (non-hydrogen) atoms. The Morgan fingerprint density at radius 1 is 1.05 bits per heavy atom. The van der Waals surface area contributed by atoms with Crippen LogP contribution >= 0.6 is 0 Å². The van der Waals surface area contributed by atoms with Gasteiger partial charge >= 0.3 is 0 Å². The lowest BCUT2D eigenvalue weighted by molar-refractivity contribution is 0.354. The van der Waals surface area contributed by atoms with Crippen molar-refractivity contribution in [3.63, 3.8) is 0 Å². The predicted molar refractivity (Wildman–Crippen MR) is 91.5 cm³/mol. The standard InChI is InChI=1S/C19H23NO2/c1-14(11-15-7-5-4-6-8-15)17-13-19(22-3)18(21-2)12-16(17)9-10-20/h4-9,12-13H,10-11,20H2,1-3H3/b16-9-,17-14-. The highest BCUT2D eigenvalue weighted by atomic mass is 16.5. The Bertz CT molecular complexity index is 736. The first-order chi connectivity index (χ1) is 10.7. The monoisotopic (exact) mass is 297 g/mol. The average molecular weight is 297 g/mol. The molecule has 2 rings (SSSR count). The Hall–Kier alpha value is -2.26. The highest BCUT2D eigenvalue weighted by Crippen LogP contribution is 2.22. The van der Waals surface area contributed by atoms with E-state index in [9.17, 15) is 0 Å². The maximum atomic E-state index is 5.71. The van der Waals surface area contributed by atoms with E-state index in [2.05, 4.69) is 31.2 Å². The molecule has 0 amide bonds. The lowest BCUT2D eigenvalue weighted by atomic mass is 10.0. The van der Waals surface area contributed by atoms with Crippen molar-refractivity contribution in [2.45, 2.75) is 13.3 Å². The van der Waals surface area contributed by atoms with Crippen molar-refractivity contribution in [3.8, 4) is 11.5 Å². The molecule has 3 nitrogen and oxygen atoms in total. The predicted octanol–water partition coefficient (Wildman–Crippen LogP) is 1.86. The third kappa shape index (κ3) is 3.68. The van der Waals surface area contributed by atoms with Crippen LogP contribution in [0.25, 0.3) is 11.6 Å². The average Bonchev–Trinajstić information content (AvgIpc) is 2.55. The zero-order valence-electron chi connectivity index (χ0n) is 13.4. The fraction of sp³-hybridized carbons (Fsp3) is 0.263. The fourth-order valence-corrected chi connectivity index (χ4v) is 2.56. The Morgan fingerprint density at radius 2 is 1.68 bits per heavy atom. The van der Waals surface area contributed by atoms with Crippen molar-refractivity contribution in [2.24, 2.45) is 5.73 Å². The molecule has 0 saturated heterocycles. The number of ether oxygens (including phenoxy) is 2. The summed E-state index contributed by atoms with van der Waals surface area (Å²) in [5.41, 5.74) is 8.26. The van der Waals surface area contributed by atoms with Gasteiger partial charge in [0.25, 0.3) is 0 Å². The van der Waals surface area contributed by atoms with E-state index in [0.29, 0.717) is 6.54 Å². The van der Waals surface area contributed by atoms with Crippen LogP contribution in [0.2, 0.25) is 0 Å². The molecule has 0 atom stereocenters. The summed E-state index contributed by atoms with van der Waals surface area (Å²) in [6.07, 6.45) is 2.90. The van der Waals surface area contributed by atoms with Crippen LogP contribution in [-0.2, 0) is 6.42 Å². The lowest BCUT2D eigenvalue weighted by Gasteiger charge is -2.09. The smallest absolute Gasteiger partial charge is 0.161 e. The van der Waals surface area contributed by atoms with Gasteiger partial charge in [0.15, 0.2) is 11.5 Å². The van der Waals surface area contributed by atoms with Crippen LogP contribution in [-0.4, -0.2) is 20.8 Å². The zero-order valence-corrected chi connectivity index (χ0v) is 13.4. The SMILES string of the molecule is COc1cc(=C/CN)/c(=C(/C)Cc2ccccc2)cc1OC. The van der Waals surface area contributed by atoms with Gasteiger partial charge in [-0.25, -0.2) is 0 Å². The number of hydrogen-bond donors (Lipinski definition) is 1. The van der Waals surface area contributed by atoms with E-state index in [1.165, 1.54) is 11.1 Å². The van der Waals surface area contributed by atoms with Crippen LogP contribution < -0.4 is 25.6 Å². The molecule has 2 aromatic rings. The summed E-state index contributed by atoms with van der Waals surface area (Å²) in [6, 6.07) is 14.4. The van der Waals surface area contributed by atoms with Crippen molar-refractivity contribution in [1.82, 2.24) is 0 Å². The van der Waals surface area contributed by atoms with Gasteiger partial charge < -0.3 is 15.2 Å². The molecule has 0 radical (unpaired) electrons. The van der Waals surface area contributed by atoms with E-state index in [1.807, 2.05) is 24.3 Å². The van der Waals surface area contributed by atoms with Crippen molar-refractivity contribution < 1.29 is 9.47 Å². The van der Waals surface area contributed by atoms with E-state index in [4.69, 9.17) is 15.2 Å². The molecule has 0 aliphatic carbocycles. The van der Waals surface area contributed by atoms with Crippen molar-refractivity contribution in [1.29, 1.82) is 0 Å². The van der Waals surface area contributed by atoms with Gasteiger partial charge in [-0.3, -0.25) is 0 Å². The highest BCUT2D eigenvalue weighted by Gasteiger charge is 2.05. The van der Waals surface area contributed by atoms with Crippen molar-refractivity contribution in [2.75, 3.05) is 20.8 Å². The van der Waals surface area contributed by atoms with Gasteiger partial charge in [0.1, 0.15) is 0 Å². The molecule has 0 bridgehead atoms. The molecule has 0 aliphatic heterocycles. The Morgan fingerprint density at radius 3 is 2.27 bits per heavy atom. The van der Waals surface area contributed by atoms with E-state index >= 15 is 0 Å². The molecule has 0 aliphatic rings. The maximum Gasteiger partial charge on any atom is 0.161 e. The van der Waals surface area contributed by atoms with E-state index in [0.717, 1.165) is 28.4 Å². The molecule has 116 valence electrons. The van der Waals surface area contributed by atoms with Gasteiger partial charge in [-0.15, -0.1) is 0 Å². The van der Waals surface area contributed by atoms with Crippen LogP contribution in [0.5, 0.6) is 11.5 Å². The first kappa shape index (κ1) is 16.1. The molecule has 0 heterocycles. The molecule has 0 aromatic heterocycles. The molecule has 0 spiro atoms. The molecule has 3 heteroatoms. The lowest BCUT2D eigenvalue weighted by Crippen LogP contribution is -2.28. The molecular formula is C19H23NO2. The second-order valence-electron chi connectivity index (χ2n) is 5.18. The topological polar surface area (TPSA) is 44.5 Å². The fourth-order valence-electron chi connectivity index (χ4n) is 2.56. The van der Waals surface area contributed by atoms with Crippen LogP contribution in [0, 0.1) is 0 Å². The minimum Gasteiger partial charge on any atom is -0.493 e. The first-order valence-corrected chi connectivity index (χ1v) is 7.35. The summed E-state index contributed by atoms with van der Waals surface area (Å²) in [4.78, 5) is 0. The molecule has 2 aromatic carbocycles. The highest BCUT2D eigenvalue weighted by molar-refractivity contribution is 5.53. The summed E-state index contributed by atoms with van der Waals surface area (Å²) in [7, 11) is 3.30. The number of methoxy groups -OCH3 is 2. The minimum absolute atomic E-state index is 0.487.